The Hall–Kier alpha value is 0.180. The highest BCUT2D eigenvalue weighted by Gasteiger charge is 2.61. The number of nitrogens with two attached hydrogens (primary N) is 2. The molecule has 0 saturated carbocycles. The van der Waals surface area contributed by atoms with E-state index in [0.717, 1.165) is 0 Å². The highest BCUT2D eigenvalue weighted by atomic mass is 31.2. The number of rotatable bonds is 6. The predicted molar refractivity (Wildman–Crippen MR) is 50.4 cm³/mol. The van der Waals surface area contributed by atoms with E-state index in [1.165, 1.54) is 0 Å². The predicted octanol–water partition coefficient (Wildman–Crippen LogP) is -1.38. The van der Waals surface area contributed by atoms with Crippen LogP contribution in [0.2, 0.25) is 0 Å². The molecule has 0 amide bonds. The lowest BCUT2D eigenvalue weighted by Crippen LogP contribution is -2.35. The van der Waals surface area contributed by atoms with Gasteiger partial charge in [0.15, 0.2) is 0 Å². The molecular weight excluding hydrogens is 250 g/mol. The van der Waals surface area contributed by atoms with Gasteiger partial charge in [-0.3, -0.25) is 14.0 Å². The molecule has 0 fully saturated rings. The fourth-order valence-electron chi connectivity index (χ4n) is 0.990. The van der Waals surface area contributed by atoms with Crippen molar-refractivity contribution in [3.05, 3.63) is 0 Å². The standard InChI is InChI=1S/C4H14N2O7P2/c5-3-1-2-4(13-6,14(7,8)9)15(10,11)12/h1-3,5-6H2,(H2,7,8,9)(H2,10,11,12). The summed E-state index contributed by atoms with van der Waals surface area (Å²) in [5.41, 5.74) is 5.07. The molecule has 11 heteroatoms. The summed E-state index contributed by atoms with van der Waals surface area (Å²) in [5, 5.41) is -3.00. The van der Waals surface area contributed by atoms with Crippen LogP contribution in [0.5, 0.6) is 0 Å². The van der Waals surface area contributed by atoms with Crippen molar-refractivity contribution in [3.63, 3.8) is 0 Å². The maximum Gasteiger partial charge on any atom is 0.371 e. The lowest BCUT2D eigenvalue weighted by molar-refractivity contribution is 0.0300. The summed E-state index contributed by atoms with van der Waals surface area (Å²) in [5.74, 6) is 4.60. The highest BCUT2D eigenvalue weighted by molar-refractivity contribution is 7.72. The van der Waals surface area contributed by atoms with Gasteiger partial charge in [0.1, 0.15) is 0 Å². The normalized spacial score (nSPS) is 14.3. The van der Waals surface area contributed by atoms with E-state index in [-0.39, 0.29) is 13.0 Å². The van der Waals surface area contributed by atoms with Gasteiger partial charge in [0.05, 0.1) is 0 Å². The van der Waals surface area contributed by atoms with E-state index >= 15 is 0 Å². The maximum atomic E-state index is 11.0. The van der Waals surface area contributed by atoms with Crippen molar-refractivity contribution in [2.24, 2.45) is 11.6 Å². The minimum Gasteiger partial charge on any atom is -0.330 e. The second-order valence-electron chi connectivity index (χ2n) is 2.84. The van der Waals surface area contributed by atoms with E-state index in [1.54, 1.807) is 0 Å². The molecule has 0 radical (unpaired) electrons. The highest BCUT2D eigenvalue weighted by Crippen LogP contribution is 2.70. The minimum absolute atomic E-state index is 0.00882. The van der Waals surface area contributed by atoms with Gasteiger partial charge in [0.2, 0.25) is 0 Å². The molecule has 15 heavy (non-hydrogen) atoms. The summed E-state index contributed by atoms with van der Waals surface area (Å²) >= 11 is 0. The maximum absolute atomic E-state index is 11.0. The molecule has 8 N–H and O–H groups in total. The summed E-state index contributed by atoms with van der Waals surface area (Å²) in [6, 6.07) is 0. The first-order chi connectivity index (χ1) is 6.62. The van der Waals surface area contributed by atoms with Crippen LogP contribution >= 0.6 is 15.2 Å². The lowest BCUT2D eigenvalue weighted by atomic mass is 10.3. The molecule has 0 bridgehead atoms. The third-order valence-electron chi connectivity index (χ3n) is 1.81. The Balaban J connectivity index is 5.33. The fraction of sp³-hybridized carbons (Fsp3) is 1.00. The first kappa shape index (κ1) is 15.2. The Labute approximate surface area is 85.7 Å². The minimum atomic E-state index is -5.22. The largest absolute Gasteiger partial charge is 0.371 e. The molecule has 0 atom stereocenters. The molecule has 9 nitrogen and oxygen atoms in total. The van der Waals surface area contributed by atoms with Gasteiger partial charge >= 0.3 is 15.2 Å². The average molecular weight is 264 g/mol. The molecule has 92 valence electrons. The van der Waals surface area contributed by atoms with E-state index < -0.39 is 26.7 Å². The Morgan fingerprint density at radius 2 is 1.53 bits per heavy atom. The van der Waals surface area contributed by atoms with Crippen molar-refractivity contribution in [1.29, 1.82) is 0 Å². The van der Waals surface area contributed by atoms with Gasteiger partial charge in [-0.1, -0.05) is 0 Å². The smallest absolute Gasteiger partial charge is 0.330 e. The van der Waals surface area contributed by atoms with E-state index in [9.17, 15) is 9.13 Å². The van der Waals surface area contributed by atoms with Gasteiger partial charge in [0, 0.05) is 6.42 Å². The van der Waals surface area contributed by atoms with Gasteiger partial charge in [-0.2, -0.15) is 0 Å². The molecular formula is C4H14N2O7P2. The third kappa shape index (κ3) is 3.07. The van der Waals surface area contributed by atoms with Gasteiger partial charge in [0.25, 0.3) is 5.08 Å². The quantitative estimate of drug-likeness (QED) is 0.249. The third-order valence-corrected chi connectivity index (χ3v) is 5.85. The van der Waals surface area contributed by atoms with Crippen molar-refractivity contribution >= 4 is 15.2 Å². The lowest BCUT2D eigenvalue weighted by Gasteiger charge is -2.31. The van der Waals surface area contributed by atoms with Crippen molar-refractivity contribution < 1.29 is 33.5 Å². The average Bonchev–Trinajstić information content (AvgIpc) is 2.01. The van der Waals surface area contributed by atoms with Crippen LogP contribution < -0.4 is 11.6 Å². The van der Waals surface area contributed by atoms with Crippen LogP contribution in [0.1, 0.15) is 12.8 Å². The molecule has 0 aliphatic carbocycles. The van der Waals surface area contributed by atoms with Gasteiger partial charge < -0.3 is 25.3 Å². The molecule has 0 saturated heterocycles. The number of hydrogen-bond donors (Lipinski definition) is 6. The Bertz CT molecular complexity index is 273. The van der Waals surface area contributed by atoms with Crippen molar-refractivity contribution in [2.75, 3.05) is 6.54 Å². The van der Waals surface area contributed by atoms with E-state index in [1.807, 2.05) is 0 Å². The summed E-state index contributed by atoms with van der Waals surface area (Å²) < 4.78 is 22.0. The van der Waals surface area contributed by atoms with Crippen molar-refractivity contribution in [1.82, 2.24) is 0 Å². The Morgan fingerprint density at radius 3 is 1.73 bits per heavy atom. The van der Waals surface area contributed by atoms with Gasteiger partial charge in [-0.25, -0.2) is 5.90 Å². The van der Waals surface area contributed by atoms with Gasteiger partial charge in [-0.15, -0.1) is 0 Å². The van der Waals surface area contributed by atoms with Crippen LogP contribution in [0.3, 0.4) is 0 Å². The SMILES string of the molecule is NCCCC(ON)(P(=O)(O)O)P(=O)(O)O. The van der Waals surface area contributed by atoms with Crippen molar-refractivity contribution in [2.45, 2.75) is 17.9 Å². The molecule has 0 unspecified atom stereocenters. The van der Waals surface area contributed by atoms with Crippen LogP contribution in [-0.4, -0.2) is 31.2 Å². The molecule has 0 heterocycles. The second-order valence-corrected chi connectivity index (χ2v) is 6.81. The Kier molecular flexibility index (Phi) is 5.07. The van der Waals surface area contributed by atoms with E-state index in [4.69, 9.17) is 25.3 Å². The fourth-order valence-corrected chi connectivity index (χ4v) is 3.52. The van der Waals surface area contributed by atoms with Crippen molar-refractivity contribution in [3.8, 4) is 0 Å². The van der Waals surface area contributed by atoms with E-state index in [2.05, 4.69) is 10.7 Å². The monoisotopic (exact) mass is 264 g/mol. The summed E-state index contributed by atoms with van der Waals surface area (Å²) in [6.45, 7) is -0.00882. The van der Waals surface area contributed by atoms with Crippen LogP contribution in [0.4, 0.5) is 0 Å². The molecule has 0 spiro atoms. The van der Waals surface area contributed by atoms with E-state index in [0.29, 0.717) is 0 Å². The molecule has 0 rings (SSSR count). The Morgan fingerprint density at radius 1 is 1.13 bits per heavy atom. The first-order valence-corrected chi connectivity index (χ1v) is 7.04. The zero-order chi connectivity index (χ0) is 12.3. The zero-order valence-corrected chi connectivity index (χ0v) is 9.47. The summed E-state index contributed by atoms with van der Waals surface area (Å²) in [7, 11) is -10.4. The summed E-state index contributed by atoms with van der Waals surface area (Å²) in [4.78, 5) is 39.3. The molecule has 0 aromatic carbocycles. The van der Waals surface area contributed by atoms with Gasteiger partial charge in [-0.05, 0) is 13.0 Å². The second kappa shape index (κ2) is 5.01. The summed E-state index contributed by atoms with van der Waals surface area (Å²) in [6.07, 6.45) is -0.679. The van der Waals surface area contributed by atoms with Crippen LogP contribution in [0.25, 0.3) is 0 Å². The molecule has 0 aromatic heterocycles. The van der Waals surface area contributed by atoms with Crippen LogP contribution in [0.15, 0.2) is 0 Å². The molecule has 0 aliphatic rings. The molecule has 0 aromatic rings. The van der Waals surface area contributed by atoms with Crippen LogP contribution in [0, 0.1) is 0 Å². The zero-order valence-electron chi connectivity index (χ0n) is 7.68. The number of hydrogen-bond acceptors (Lipinski definition) is 5. The first-order valence-electron chi connectivity index (χ1n) is 3.81. The molecule has 0 aliphatic heterocycles. The topological polar surface area (TPSA) is 176 Å². The van der Waals surface area contributed by atoms with Crippen LogP contribution in [-0.2, 0) is 14.0 Å².